The molecule has 2 rings (SSSR count). The summed E-state index contributed by atoms with van der Waals surface area (Å²) in [5.41, 5.74) is 4.13. The molecule has 10 heteroatoms. The predicted molar refractivity (Wildman–Crippen MR) is 132 cm³/mol. The lowest BCUT2D eigenvalue weighted by molar-refractivity contribution is -0.144. The van der Waals surface area contributed by atoms with Gasteiger partial charge in [-0.1, -0.05) is 47.0 Å². The molecule has 5 N–H and O–H groups in total. The highest BCUT2D eigenvalue weighted by atomic mass is 16.2. The highest BCUT2D eigenvalue weighted by Crippen LogP contribution is 2.32. The molecule has 0 aromatic heterocycles. The van der Waals surface area contributed by atoms with Gasteiger partial charge in [-0.3, -0.25) is 19.2 Å². The Labute approximate surface area is 208 Å². The number of amides is 5. The van der Waals surface area contributed by atoms with Gasteiger partial charge in [-0.2, -0.15) is 0 Å². The van der Waals surface area contributed by atoms with Gasteiger partial charge in [-0.25, -0.2) is 4.79 Å². The molecule has 1 aliphatic carbocycles. The van der Waals surface area contributed by atoms with Crippen molar-refractivity contribution in [2.75, 3.05) is 6.54 Å². The fraction of sp³-hybridized carbons (Fsp3) is 0.800. The van der Waals surface area contributed by atoms with E-state index in [2.05, 4.69) is 16.0 Å². The van der Waals surface area contributed by atoms with E-state index in [1.54, 1.807) is 0 Å². The first-order chi connectivity index (χ1) is 16.0. The number of carbonyl (C=O) groups excluding carboxylic acids is 5. The molecule has 2 fully saturated rings. The molecule has 0 bridgehead atoms. The lowest BCUT2D eigenvalue weighted by Gasteiger charge is -2.37. The summed E-state index contributed by atoms with van der Waals surface area (Å²) < 4.78 is 0. The van der Waals surface area contributed by atoms with Crippen LogP contribution in [0.4, 0.5) is 4.79 Å². The second-order valence-electron chi connectivity index (χ2n) is 12.2. The Morgan fingerprint density at radius 2 is 1.57 bits per heavy atom. The Kier molecular flexibility index (Phi) is 8.94. The number of nitrogens with one attached hydrogen (secondary N) is 3. The SMILES string of the molecule is C[C@H]1CCN(C(=O)[C@@H](NC(=O)NC(C)(C)C)C(C)(C)C)[C@@H]1C(=O)NC(CC1CCC1)C(=O)C(N)=O. The molecule has 4 atom stereocenters. The van der Waals surface area contributed by atoms with Crippen molar-refractivity contribution in [3.05, 3.63) is 0 Å². The van der Waals surface area contributed by atoms with Gasteiger partial charge in [0.15, 0.2) is 0 Å². The van der Waals surface area contributed by atoms with E-state index in [-0.39, 0.29) is 17.7 Å². The minimum absolute atomic E-state index is 0.156. The van der Waals surface area contributed by atoms with Gasteiger partial charge in [0, 0.05) is 12.1 Å². The van der Waals surface area contributed by atoms with E-state index in [1.165, 1.54) is 4.90 Å². The molecule has 35 heavy (non-hydrogen) atoms. The number of Topliss-reactive ketones (excluding diaryl/α,β-unsaturated/α-hetero) is 1. The van der Waals surface area contributed by atoms with Crippen LogP contribution in [0.15, 0.2) is 0 Å². The molecule has 10 nitrogen and oxygen atoms in total. The van der Waals surface area contributed by atoms with E-state index >= 15 is 0 Å². The molecule has 1 saturated heterocycles. The first-order valence-electron chi connectivity index (χ1n) is 12.5. The highest BCUT2D eigenvalue weighted by Gasteiger charge is 2.45. The van der Waals surface area contributed by atoms with Crippen LogP contribution in [0.3, 0.4) is 0 Å². The van der Waals surface area contributed by atoms with Crippen molar-refractivity contribution in [3.63, 3.8) is 0 Å². The Hall–Kier alpha value is -2.65. The number of carbonyl (C=O) groups is 5. The molecule has 1 saturated carbocycles. The Balaban J connectivity index is 2.22. The summed E-state index contributed by atoms with van der Waals surface area (Å²) in [4.78, 5) is 65.1. The van der Waals surface area contributed by atoms with Crippen LogP contribution in [0.2, 0.25) is 0 Å². The van der Waals surface area contributed by atoms with Crippen LogP contribution in [0.1, 0.15) is 80.6 Å². The topological polar surface area (TPSA) is 151 Å². The van der Waals surface area contributed by atoms with Gasteiger partial charge >= 0.3 is 6.03 Å². The molecule has 1 aliphatic heterocycles. The van der Waals surface area contributed by atoms with Crippen LogP contribution in [0, 0.1) is 17.3 Å². The molecule has 0 aromatic rings. The summed E-state index contributed by atoms with van der Waals surface area (Å²) in [5, 5.41) is 8.32. The van der Waals surface area contributed by atoms with Gasteiger partial charge < -0.3 is 26.6 Å². The number of hydrogen-bond donors (Lipinski definition) is 4. The second-order valence-corrected chi connectivity index (χ2v) is 12.2. The molecule has 1 heterocycles. The van der Waals surface area contributed by atoms with E-state index in [4.69, 9.17) is 5.73 Å². The van der Waals surface area contributed by atoms with Crippen LogP contribution < -0.4 is 21.7 Å². The van der Waals surface area contributed by atoms with Gasteiger partial charge in [0.1, 0.15) is 12.1 Å². The van der Waals surface area contributed by atoms with Gasteiger partial charge in [0.25, 0.3) is 5.91 Å². The summed E-state index contributed by atoms with van der Waals surface area (Å²) in [6, 6.07) is -3.15. The summed E-state index contributed by atoms with van der Waals surface area (Å²) in [5.74, 6) is -2.63. The molecule has 2 aliphatic rings. The number of rotatable bonds is 8. The largest absolute Gasteiger partial charge is 0.363 e. The smallest absolute Gasteiger partial charge is 0.315 e. The van der Waals surface area contributed by atoms with Crippen LogP contribution in [-0.2, 0) is 19.2 Å². The minimum Gasteiger partial charge on any atom is -0.363 e. The van der Waals surface area contributed by atoms with E-state index < -0.39 is 52.7 Å². The van der Waals surface area contributed by atoms with Crippen molar-refractivity contribution in [2.45, 2.75) is 104 Å². The maximum absolute atomic E-state index is 13.7. The second kappa shape index (κ2) is 11.0. The first-order valence-corrected chi connectivity index (χ1v) is 12.5. The molecule has 198 valence electrons. The number of likely N-dealkylation sites (tertiary alicyclic amines) is 1. The maximum atomic E-state index is 13.7. The zero-order chi connectivity index (χ0) is 26.7. The number of nitrogens with zero attached hydrogens (tertiary/aromatic N) is 1. The summed E-state index contributed by atoms with van der Waals surface area (Å²) in [6.45, 7) is 13.3. The molecular formula is C25H43N5O5. The van der Waals surface area contributed by atoms with Crippen molar-refractivity contribution in [1.82, 2.24) is 20.9 Å². The third-order valence-corrected chi connectivity index (χ3v) is 6.80. The van der Waals surface area contributed by atoms with Crippen LogP contribution in [-0.4, -0.2) is 64.6 Å². The van der Waals surface area contributed by atoms with Gasteiger partial charge in [0.05, 0.1) is 6.04 Å². The number of ketones is 1. The van der Waals surface area contributed by atoms with Crippen LogP contribution >= 0.6 is 0 Å². The van der Waals surface area contributed by atoms with Crippen molar-refractivity contribution in [3.8, 4) is 0 Å². The van der Waals surface area contributed by atoms with E-state index in [0.29, 0.717) is 19.4 Å². The lowest BCUT2D eigenvalue weighted by Crippen LogP contribution is -2.61. The standard InChI is InChI=1S/C25H43N5O5/c1-14-11-12-30(22(34)19(24(2,3)4)28-23(35)29-25(5,6)7)17(14)21(33)27-16(18(31)20(26)32)13-15-9-8-10-15/h14-17,19H,8-13H2,1-7H3,(H2,26,32)(H,27,33)(H2,28,29,35)/t14-,16?,17-,19+/m0/s1. The zero-order valence-corrected chi connectivity index (χ0v) is 22.2. The Morgan fingerprint density at radius 1 is 0.971 bits per heavy atom. The Morgan fingerprint density at radius 3 is 2.03 bits per heavy atom. The number of nitrogens with two attached hydrogens (primary N) is 1. The first kappa shape index (κ1) is 28.6. The third-order valence-electron chi connectivity index (χ3n) is 6.80. The zero-order valence-electron chi connectivity index (χ0n) is 22.2. The molecular weight excluding hydrogens is 450 g/mol. The van der Waals surface area contributed by atoms with Gasteiger partial charge in [-0.15, -0.1) is 0 Å². The maximum Gasteiger partial charge on any atom is 0.315 e. The Bertz CT molecular complexity index is 840. The average Bonchev–Trinajstić information content (AvgIpc) is 3.05. The normalized spacial score (nSPS) is 22.5. The fourth-order valence-electron chi connectivity index (χ4n) is 4.64. The summed E-state index contributed by atoms with van der Waals surface area (Å²) in [7, 11) is 0. The van der Waals surface area contributed by atoms with Crippen LogP contribution in [0.25, 0.3) is 0 Å². The minimum atomic E-state index is -1.08. The average molecular weight is 494 g/mol. The summed E-state index contributed by atoms with van der Waals surface area (Å²) in [6.07, 6.45) is 3.91. The fourth-order valence-corrected chi connectivity index (χ4v) is 4.64. The van der Waals surface area contributed by atoms with Crippen molar-refractivity contribution in [1.29, 1.82) is 0 Å². The van der Waals surface area contributed by atoms with E-state index in [1.807, 2.05) is 48.5 Å². The summed E-state index contributed by atoms with van der Waals surface area (Å²) >= 11 is 0. The van der Waals surface area contributed by atoms with Crippen molar-refractivity contribution < 1.29 is 24.0 Å². The van der Waals surface area contributed by atoms with E-state index in [9.17, 15) is 24.0 Å². The lowest BCUT2D eigenvalue weighted by atomic mass is 9.80. The molecule has 5 amide bonds. The number of hydrogen-bond acceptors (Lipinski definition) is 5. The predicted octanol–water partition coefficient (Wildman–Crippen LogP) is 1.47. The third kappa shape index (κ3) is 7.67. The van der Waals surface area contributed by atoms with Crippen LogP contribution in [0.5, 0.6) is 0 Å². The molecule has 0 radical (unpaired) electrons. The number of primary amides is 1. The monoisotopic (exact) mass is 493 g/mol. The highest BCUT2D eigenvalue weighted by molar-refractivity contribution is 6.37. The van der Waals surface area contributed by atoms with Crippen molar-refractivity contribution >= 4 is 29.5 Å². The van der Waals surface area contributed by atoms with Gasteiger partial charge in [-0.05, 0) is 50.9 Å². The van der Waals surface area contributed by atoms with E-state index in [0.717, 1.165) is 19.3 Å². The molecule has 0 aromatic carbocycles. The van der Waals surface area contributed by atoms with Crippen molar-refractivity contribution in [2.24, 2.45) is 23.0 Å². The van der Waals surface area contributed by atoms with Gasteiger partial charge in [0.2, 0.25) is 17.6 Å². The quantitative estimate of drug-likeness (QED) is 0.378. The number of urea groups is 1. The molecule has 1 unspecified atom stereocenters. The molecule has 0 spiro atoms.